The highest BCUT2D eigenvalue weighted by atomic mass is 32.1. The number of oxime groups is 1. The minimum absolute atomic E-state index is 0. The van der Waals surface area contributed by atoms with Gasteiger partial charge in [0.15, 0.2) is 0 Å². The molecule has 0 saturated carbocycles. The summed E-state index contributed by atoms with van der Waals surface area (Å²) in [5.41, 5.74) is 4.24. The molecule has 0 bridgehead atoms. The lowest BCUT2D eigenvalue weighted by atomic mass is 9.96. The molecule has 1 fully saturated rings. The van der Waals surface area contributed by atoms with Crippen LogP contribution in [0.25, 0.3) is 10.8 Å². The molecule has 0 N–H and O–H groups in total. The lowest BCUT2D eigenvalue weighted by Gasteiger charge is -2.18. The first-order chi connectivity index (χ1) is 14.8. The Morgan fingerprint density at radius 3 is 2.32 bits per heavy atom. The first kappa shape index (κ1) is 23.4. The van der Waals surface area contributed by atoms with Crippen LogP contribution < -0.4 is 0 Å². The van der Waals surface area contributed by atoms with Gasteiger partial charge in [-0.05, 0) is 42.3 Å². The molecule has 1 saturated heterocycles. The number of thiol groups is 1. The molecule has 1 aliphatic heterocycles. The Morgan fingerprint density at radius 2 is 1.58 bits per heavy atom. The van der Waals surface area contributed by atoms with Crippen LogP contribution in [0.5, 0.6) is 0 Å². The first-order valence-electron chi connectivity index (χ1n) is 11.0. The van der Waals surface area contributed by atoms with Crippen molar-refractivity contribution in [1.29, 1.82) is 0 Å². The maximum absolute atomic E-state index is 5.88. The van der Waals surface area contributed by atoms with Crippen LogP contribution in [0.4, 0.5) is 0 Å². The van der Waals surface area contributed by atoms with Crippen LogP contribution in [0.2, 0.25) is 0 Å². The van der Waals surface area contributed by atoms with Crippen LogP contribution in [0.15, 0.2) is 71.9 Å². The Labute approximate surface area is 192 Å². The fourth-order valence-electron chi connectivity index (χ4n) is 4.10. The largest absolute Gasteiger partial charge is 0.394 e. The quantitative estimate of drug-likeness (QED) is 0.197. The minimum atomic E-state index is 0. The van der Waals surface area contributed by atoms with E-state index in [4.69, 9.17) is 4.84 Å². The highest BCUT2D eigenvalue weighted by Gasteiger charge is 2.13. The fourth-order valence-corrected chi connectivity index (χ4v) is 4.31. The van der Waals surface area contributed by atoms with Crippen molar-refractivity contribution in [3.05, 3.63) is 83.4 Å². The molecule has 4 heteroatoms. The summed E-state index contributed by atoms with van der Waals surface area (Å²) in [7, 11) is 0. The van der Waals surface area contributed by atoms with E-state index in [0.717, 1.165) is 29.1 Å². The molecule has 1 heterocycles. The van der Waals surface area contributed by atoms with E-state index in [1.807, 2.05) is 0 Å². The van der Waals surface area contributed by atoms with Gasteiger partial charge >= 0.3 is 0 Å². The van der Waals surface area contributed by atoms with Crippen molar-refractivity contribution in [1.82, 2.24) is 4.90 Å². The molecule has 0 amide bonds. The van der Waals surface area contributed by atoms with Gasteiger partial charge in [0, 0.05) is 23.4 Å². The van der Waals surface area contributed by atoms with Crippen molar-refractivity contribution in [2.24, 2.45) is 5.16 Å². The third-order valence-corrected chi connectivity index (χ3v) is 6.17. The van der Waals surface area contributed by atoms with Gasteiger partial charge in [-0.2, -0.15) is 12.6 Å². The molecule has 3 nitrogen and oxygen atoms in total. The predicted octanol–water partition coefficient (Wildman–Crippen LogP) is 6.55. The van der Waals surface area contributed by atoms with Crippen molar-refractivity contribution >= 4 is 29.1 Å². The van der Waals surface area contributed by atoms with Gasteiger partial charge in [-0.25, -0.2) is 0 Å². The summed E-state index contributed by atoms with van der Waals surface area (Å²) in [6.45, 7) is 3.90. The molecular weight excluding hydrogens is 400 g/mol. The second kappa shape index (κ2) is 11.9. The van der Waals surface area contributed by atoms with E-state index in [1.54, 1.807) is 0 Å². The zero-order valence-electron chi connectivity index (χ0n) is 17.5. The SMILES string of the molecule is C.SCc1ccc(/C(=N/OCCN2CCCCCC2)c2cccc3ccccc23)cc1. The summed E-state index contributed by atoms with van der Waals surface area (Å²) in [6.07, 6.45) is 5.29. The Kier molecular flexibility index (Phi) is 8.98. The first-order valence-corrected chi connectivity index (χ1v) is 11.6. The third-order valence-electron chi connectivity index (χ3n) is 5.81. The van der Waals surface area contributed by atoms with Gasteiger partial charge in [0.25, 0.3) is 0 Å². The van der Waals surface area contributed by atoms with Crippen molar-refractivity contribution in [2.45, 2.75) is 38.9 Å². The van der Waals surface area contributed by atoms with Crippen LogP contribution in [-0.2, 0) is 10.6 Å². The molecular formula is C27H34N2OS. The van der Waals surface area contributed by atoms with Crippen molar-refractivity contribution < 1.29 is 4.84 Å². The number of likely N-dealkylation sites (tertiary alicyclic amines) is 1. The maximum Gasteiger partial charge on any atom is 0.129 e. The van der Waals surface area contributed by atoms with Crippen LogP contribution in [0.3, 0.4) is 0 Å². The van der Waals surface area contributed by atoms with Gasteiger partial charge in [-0.1, -0.05) is 92.2 Å². The average Bonchev–Trinajstić information content (AvgIpc) is 3.08. The second-order valence-corrected chi connectivity index (χ2v) is 8.23. The Bertz CT molecular complexity index is 971. The van der Waals surface area contributed by atoms with Crippen molar-refractivity contribution in [3.63, 3.8) is 0 Å². The van der Waals surface area contributed by atoms with Gasteiger partial charge in [-0.3, -0.25) is 4.90 Å². The Hall–Kier alpha value is -2.30. The standard InChI is InChI=1S/C26H30N2OS.CH4/c30-20-21-12-14-23(15-13-21)26(25-11-7-9-22-8-3-4-10-24(22)25)27-29-19-18-28-16-5-1-2-6-17-28;/h3-4,7-15,30H,1-2,5-6,16-20H2;1H4/b27-26-;. The number of hydrogen-bond acceptors (Lipinski definition) is 4. The molecule has 0 aromatic heterocycles. The van der Waals surface area contributed by atoms with Gasteiger partial charge in [-0.15, -0.1) is 0 Å². The van der Waals surface area contributed by atoms with Crippen LogP contribution in [-0.4, -0.2) is 36.9 Å². The average molecular weight is 435 g/mol. The lowest BCUT2D eigenvalue weighted by Crippen LogP contribution is -2.28. The number of benzene rings is 3. The van der Waals surface area contributed by atoms with Crippen LogP contribution in [0, 0.1) is 0 Å². The predicted molar refractivity (Wildman–Crippen MR) is 136 cm³/mol. The van der Waals surface area contributed by atoms with Gasteiger partial charge in [0.05, 0.1) is 0 Å². The van der Waals surface area contributed by atoms with Gasteiger partial charge in [0.1, 0.15) is 12.3 Å². The molecule has 0 aliphatic carbocycles. The van der Waals surface area contributed by atoms with Crippen LogP contribution >= 0.6 is 12.6 Å². The smallest absolute Gasteiger partial charge is 0.129 e. The monoisotopic (exact) mass is 434 g/mol. The lowest BCUT2D eigenvalue weighted by molar-refractivity contribution is 0.112. The Morgan fingerprint density at radius 1 is 0.871 bits per heavy atom. The maximum atomic E-state index is 5.88. The minimum Gasteiger partial charge on any atom is -0.394 e. The number of nitrogens with zero attached hydrogens (tertiary/aromatic N) is 2. The van der Waals surface area contributed by atoms with E-state index in [1.165, 1.54) is 55.1 Å². The van der Waals surface area contributed by atoms with E-state index < -0.39 is 0 Å². The molecule has 164 valence electrons. The van der Waals surface area contributed by atoms with E-state index in [-0.39, 0.29) is 7.43 Å². The summed E-state index contributed by atoms with van der Waals surface area (Å²) >= 11 is 4.38. The van der Waals surface area contributed by atoms with Gasteiger partial charge < -0.3 is 4.84 Å². The van der Waals surface area contributed by atoms with E-state index in [2.05, 4.69) is 89.4 Å². The van der Waals surface area contributed by atoms with Gasteiger partial charge in [0.2, 0.25) is 0 Å². The highest BCUT2D eigenvalue weighted by molar-refractivity contribution is 7.79. The molecule has 3 aromatic carbocycles. The molecule has 31 heavy (non-hydrogen) atoms. The summed E-state index contributed by atoms with van der Waals surface area (Å²) < 4.78 is 0. The molecule has 0 spiro atoms. The zero-order chi connectivity index (χ0) is 20.6. The molecule has 3 aromatic rings. The number of fused-ring (bicyclic) bond motifs is 1. The van der Waals surface area contributed by atoms with Crippen LogP contribution in [0.1, 0.15) is 49.8 Å². The highest BCUT2D eigenvalue weighted by Crippen LogP contribution is 2.23. The normalized spacial score (nSPS) is 15.3. The molecule has 1 aliphatic rings. The Balaban J connectivity index is 0.00000272. The topological polar surface area (TPSA) is 24.8 Å². The second-order valence-electron chi connectivity index (χ2n) is 7.91. The third kappa shape index (κ3) is 6.11. The van der Waals surface area contributed by atoms with Crippen molar-refractivity contribution in [2.75, 3.05) is 26.2 Å². The summed E-state index contributed by atoms with van der Waals surface area (Å²) in [5.74, 6) is 0.730. The van der Waals surface area contributed by atoms with E-state index in [9.17, 15) is 0 Å². The molecule has 0 unspecified atom stereocenters. The van der Waals surface area contributed by atoms with E-state index in [0.29, 0.717) is 6.61 Å². The summed E-state index contributed by atoms with van der Waals surface area (Å²) in [4.78, 5) is 8.39. The molecule has 0 atom stereocenters. The summed E-state index contributed by atoms with van der Waals surface area (Å²) in [6, 6.07) is 23.3. The number of rotatable bonds is 7. The fraction of sp³-hybridized carbons (Fsp3) is 0.370. The number of hydrogen-bond donors (Lipinski definition) is 1. The van der Waals surface area contributed by atoms with E-state index >= 15 is 0 Å². The van der Waals surface area contributed by atoms with Crippen molar-refractivity contribution in [3.8, 4) is 0 Å². The summed E-state index contributed by atoms with van der Waals surface area (Å²) in [5, 5.41) is 7.04. The zero-order valence-corrected chi connectivity index (χ0v) is 18.4. The molecule has 0 radical (unpaired) electrons. The molecule has 4 rings (SSSR count).